The van der Waals surface area contributed by atoms with Crippen LogP contribution in [0.15, 0.2) is 59.1 Å². The summed E-state index contributed by atoms with van der Waals surface area (Å²) in [6.07, 6.45) is 5.19. The van der Waals surface area contributed by atoms with Crippen molar-refractivity contribution < 1.29 is 33.3 Å². The van der Waals surface area contributed by atoms with Crippen molar-refractivity contribution in [1.29, 1.82) is 0 Å². The van der Waals surface area contributed by atoms with Crippen LogP contribution in [0.4, 0.5) is 10.5 Å². The van der Waals surface area contributed by atoms with Crippen molar-refractivity contribution in [2.45, 2.75) is 58.5 Å². The maximum absolute atomic E-state index is 13.5. The van der Waals surface area contributed by atoms with Gasteiger partial charge < -0.3 is 18.9 Å². The van der Waals surface area contributed by atoms with Gasteiger partial charge >= 0.3 is 18.0 Å². The minimum atomic E-state index is -0.672. The lowest BCUT2D eigenvalue weighted by atomic mass is 9.89. The van der Waals surface area contributed by atoms with Crippen molar-refractivity contribution in [3.63, 3.8) is 0 Å². The van der Waals surface area contributed by atoms with Crippen LogP contribution in [-0.4, -0.2) is 43.9 Å². The van der Waals surface area contributed by atoms with E-state index in [2.05, 4.69) is 15.9 Å². The van der Waals surface area contributed by atoms with Crippen molar-refractivity contribution in [3.8, 4) is 21.9 Å². The molecule has 10 heteroatoms. The van der Waals surface area contributed by atoms with Gasteiger partial charge in [-0.2, -0.15) is 0 Å². The fourth-order valence-electron chi connectivity index (χ4n) is 4.81. The van der Waals surface area contributed by atoms with E-state index in [1.54, 1.807) is 37.8 Å². The lowest BCUT2D eigenvalue weighted by molar-refractivity contribution is -0.157. The first-order chi connectivity index (χ1) is 20.1. The highest BCUT2D eigenvalue weighted by atomic mass is 79.9. The number of nitrogens with zero attached hydrogens (tertiary/aromatic N) is 1. The second-order valence-electron chi connectivity index (χ2n) is 11.1. The second kappa shape index (κ2) is 14.2. The molecule has 224 valence electrons. The summed E-state index contributed by atoms with van der Waals surface area (Å²) in [4.78, 5) is 41.1. The van der Waals surface area contributed by atoms with Gasteiger partial charge in [-0.25, -0.2) is 14.4 Å². The van der Waals surface area contributed by atoms with Gasteiger partial charge in [0.05, 0.1) is 16.5 Å². The Kier molecular flexibility index (Phi) is 10.7. The Morgan fingerprint density at radius 3 is 2.38 bits per heavy atom. The molecule has 0 unspecified atom stereocenters. The molecule has 0 saturated heterocycles. The van der Waals surface area contributed by atoms with E-state index >= 15 is 0 Å². The van der Waals surface area contributed by atoms with Crippen LogP contribution in [0.3, 0.4) is 0 Å². The zero-order chi connectivity index (χ0) is 30.3. The average Bonchev–Trinajstić information content (AvgIpc) is 3.30. The van der Waals surface area contributed by atoms with E-state index in [-0.39, 0.29) is 17.2 Å². The summed E-state index contributed by atoms with van der Waals surface area (Å²) in [7, 11) is 1.29. The first kappa shape index (κ1) is 31.6. The highest BCUT2D eigenvalue weighted by molar-refractivity contribution is 9.10. The maximum Gasteiger partial charge on any atom is 0.419 e. The van der Waals surface area contributed by atoms with Gasteiger partial charge in [-0.05, 0) is 85.3 Å². The van der Waals surface area contributed by atoms with Crippen molar-refractivity contribution in [3.05, 3.63) is 63.9 Å². The number of carbonyl (C=O) groups excluding carboxylic acids is 3. The van der Waals surface area contributed by atoms with Crippen LogP contribution < -0.4 is 14.4 Å². The van der Waals surface area contributed by atoms with E-state index in [0.29, 0.717) is 33.2 Å². The smallest absolute Gasteiger partial charge is 0.419 e. The Morgan fingerprint density at radius 1 is 1.00 bits per heavy atom. The van der Waals surface area contributed by atoms with Gasteiger partial charge in [0.1, 0.15) is 11.4 Å². The lowest BCUT2D eigenvalue weighted by Gasteiger charge is -2.29. The number of carbonyl (C=O) groups is 3. The molecule has 0 spiro atoms. The van der Waals surface area contributed by atoms with Crippen LogP contribution in [0.2, 0.25) is 0 Å². The molecule has 0 bridgehead atoms. The number of halogens is 1. The molecule has 8 nitrogen and oxygen atoms in total. The molecule has 1 saturated carbocycles. The van der Waals surface area contributed by atoms with E-state index in [1.165, 1.54) is 24.9 Å². The molecule has 0 radical (unpaired) electrons. The third-order valence-corrected chi connectivity index (χ3v) is 8.91. The summed E-state index contributed by atoms with van der Waals surface area (Å²) < 4.78 is 22.4. The van der Waals surface area contributed by atoms with Gasteiger partial charge in [0.25, 0.3) is 0 Å². The molecule has 1 aromatic heterocycles. The van der Waals surface area contributed by atoms with E-state index in [9.17, 15) is 14.4 Å². The number of methoxy groups -OCH3 is 1. The monoisotopic (exact) mass is 657 g/mol. The molecule has 1 heterocycles. The number of thiophene rings is 1. The number of hydrogen-bond donors (Lipinski definition) is 0. The van der Waals surface area contributed by atoms with Crippen LogP contribution >= 0.6 is 27.3 Å². The van der Waals surface area contributed by atoms with Crippen molar-refractivity contribution >= 4 is 51.0 Å². The molecule has 4 rings (SSSR count). The number of rotatable bonds is 9. The van der Waals surface area contributed by atoms with Crippen LogP contribution in [-0.2, 0) is 14.3 Å². The van der Waals surface area contributed by atoms with E-state index < -0.39 is 23.6 Å². The fourth-order valence-corrected chi connectivity index (χ4v) is 6.78. The summed E-state index contributed by atoms with van der Waals surface area (Å²) in [5.41, 5.74) is 0.756. The first-order valence-corrected chi connectivity index (χ1v) is 15.6. The normalized spacial score (nSPS) is 13.7. The van der Waals surface area contributed by atoms with Gasteiger partial charge in [0, 0.05) is 12.2 Å². The zero-order valence-electron chi connectivity index (χ0n) is 24.3. The standard InChI is InChI=1S/C32H36BrNO7S/c1-32(2,3)41-25(35)20-39-27-26(33)28(42-29(27)30(36)38-4)22-14-11-15-23(18-22)34(19-21-12-7-5-8-13-21)31(37)40-24-16-9-6-10-17-24/h6,9-11,14-18,21H,5,7-8,12-13,19-20H2,1-4H3. The van der Waals surface area contributed by atoms with Crippen LogP contribution in [0, 0.1) is 5.92 Å². The zero-order valence-corrected chi connectivity index (χ0v) is 26.7. The minimum absolute atomic E-state index is 0.195. The van der Waals surface area contributed by atoms with Crippen LogP contribution in [0.1, 0.15) is 62.5 Å². The molecule has 1 fully saturated rings. The predicted molar refractivity (Wildman–Crippen MR) is 167 cm³/mol. The van der Waals surface area contributed by atoms with Crippen molar-refractivity contribution in [2.75, 3.05) is 25.2 Å². The SMILES string of the molecule is COC(=O)c1sc(-c2cccc(N(CC3CCCCC3)C(=O)Oc3ccccc3)c2)c(Br)c1OCC(=O)OC(C)(C)C. The minimum Gasteiger partial charge on any atom is -0.479 e. The molecular weight excluding hydrogens is 622 g/mol. The van der Waals surface area contributed by atoms with Crippen molar-refractivity contribution in [1.82, 2.24) is 0 Å². The Labute approximate surface area is 259 Å². The summed E-state index contributed by atoms with van der Waals surface area (Å²) >= 11 is 4.75. The average molecular weight is 659 g/mol. The highest BCUT2D eigenvalue weighted by Gasteiger charge is 2.28. The quantitative estimate of drug-likeness (QED) is 0.214. The van der Waals surface area contributed by atoms with E-state index in [0.717, 1.165) is 31.2 Å². The van der Waals surface area contributed by atoms with Crippen LogP contribution in [0.5, 0.6) is 11.5 Å². The van der Waals surface area contributed by atoms with Crippen LogP contribution in [0.25, 0.3) is 10.4 Å². The third-order valence-electron chi connectivity index (χ3n) is 6.69. The second-order valence-corrected chi connectivity index (χ2v) is 12.9. The molecule has 0 aliphatic heterocycles. The molecule has 42 heavy (non-hydrogen) atoms. The summed E-state index contributed by atoms with van der Waals surface area (Å²) in [6.45, 7) is 5.46. The number of anilines is 1. The number of benzene rings is 2. The van der Waals surface area contributed by atoms with Gasteiger partial charge in [-0.1, -0.05) is 49.6 Å². The Bertz CT molecular complexity index is 1390. The predicted octanol–water partition coefficient (Wildman–Crippen LogP) is 8.27. The number of para-hydroxylation sites is 1. The number of esters is 2. The molecule has 1 aliphatic carbocycles. The number of amides is 1. The molecular formula is C32H36BrNO7S. The van der Waals surface area contributed by atoms with Gasteiger partial charge in [-0.3, -0.25) is 4.90 Å². The maximum atomic E-state index is 13.5. The van der Waals surface area contributed by atoms with Gasteiger partial charge in [0.15, 0.2) is 17.2 Å². The molecule has 0 N–H and O–H groups in total. The molecule has 1 aliphatic rings. The summed E-state index contributed by atoms with van der Waals surface area (Å²) in [5.74, 6) is -0.107. The Morgan fingerprint density at radius 2 is 1.71 bits per heavy atom. The lowest BCUT2D eigenvalue weighted by Crippen LogP contribution is -2.38. The first-order valence-electron chi connectivity index (χ1n) is 14.0. The Balaban J connectivity index is 1.65. The fraction of sp³-hybridized carbons (Fsp3) is 0.406. The molecule has 0 atom stereocenters. The summed E-state index contributed by atoms with van der Waals surface area (Å²) in [6, 6.07) is 16.5. The highest BCUT2D eigenvalue weighted by Crippen LogP contribution is 2.46. The largest absolute Gasteiger partial charge is 0.479 e. The Hall–Kier alpha value is -3.37. The number of hydrogen-bond acceptors (Lipinski definition) is 8. The van der Waals surface area contributed by atoms with E-state index in [1.807, 2.05) is 42.5 Å². The molecule has 1 amide bonds. The van der Waals surface area contributed by atoms with E-state index in [4.69, 9.17) is 18.9 Å². The topological polar surface area (TPSA) is 91.4 Å². The summed E-state index contributed by atoms with van der Waals surface area (Å²) in [5, 5.41) is 0. The molecule has 3 aromatic rings. The van der Waals surface area contributed by atoms with Crippen molar-refractivity contribution in [2.24, 2.45) is 5.92 Å². The van der Waals surface area contributed by atoms with Gasteiger partial charge in [-0.15, -0.1) is 11.3 Å². The molecule has 2 aromatic carbocycles. The number of ether oxygens (including phenoxy) is 4. The third kappa shape index (κ3) is 8.35. The van der Waals surface area contributed by atoms with Gasteiger partial charge in [0.2, 0.25) is 0 Å².